The fourth-order valence-electron chi connectivity index (χ4n) is 6.32. The van der Waals surface area contributed by atoms with Crippen molar-refractivity contribution in [2.45, 2.75) is 57.8 Å². The van der Waals surface area contributed by atoms with Gasteiger partial charge in [-0.3, -0.25) is 0 Å². The van der Waals surface area contributed by atoms with Crippen LogP contribution < -0.4 is 5.73 Å². The van der Waals surface area contributed by atoms with E-state index in [0.717, 1.165) is 15.2 Å². The van der Waals surface area contributed by atoms with E-state index in [4.69, 9.17) is 10.3 Å². The molecule has 2 unspecified atom stereocenters. The third-order valence-corrected chi connectivity index (χ3v) is 6.81. The molecule has 0 saturated heterocycles. The van der Waals surface area contributed by atoms with Crippen molar-refractivity contribution in [3.63, 3.8) is 0 Å². The summed E-state index contributed by atoms with van der Waals surface area (Å²) in [5.74, 6) is 2.53. The molecule has 104 valence electrons. The van der Waals surface area contributed by atoms with Crippen LogP contribution in [-0.4, -0.2) is 5.16 Å². The van der Waals surface area contributed by atoms with Crippen LogP contribution in [0.5, 0.6) is 0 Å². The topological polar surface area (TPSA) is 52.0 Å². The Labute approximate surface area is 127 Å². The second-order valence-corrected chi connectivity index (χ2v) is 9.20. The summed E-state index contributed by atoms with van der Waals surface area (Å²) >= 11 is 2.32. The van der Waals surface area contributed by atoms with Crippen LogP contribution in [0.15, 0.2) is 4.52 Å². The van der Waals surface area contributed by atoms with Gasteiger partial charge in [0, 0.05) is 5.41 Å². The number of anilines is 1. The normalized spacial score (nSPS) is 47.8. The molecule has 4 aliphatic rings. The Morgan fingerprint density at radius 1 is 1.16 bits per heavy atom. The molecule has 4 aliphatic carbocycles. The summed E-state index contributed by atoms with van der Waals surface area (Å²) in [6.07, 6.45) is 8.00. The summed E-state index contributed by atoms with van der Waals surface area (Å²) in [6.45, 7) is 4.97. The summed E-state index contributed by atoms with van der Waals surface area (Å²) in [5.41, 5.74) is 7.12. The molecular formula is C15H21IN2O. The van der Waals surface area contributed by atoms with Gasteiger partial charge in [-0.25, -0.2) is 0 Å². The van der Waals surface area contributed by atoms with E-state index in [2.05, 4.69) is 41.6 Å². The van der Waals surface area contributed by atoms with Gasteiger partial charge in [0.2, 0.25) is 0 Å². The van der Waals surface area contributed by atoms with Crippen molar-refractivity contribution in [2.24, 2.45) is 16.7 Å². The van der Waals surface area contributed by atoms with E-state index >= 15 is 0 Å². The van der Waals surface area contributed by atoms with E-state index < -0.39 is 0 Å². The fraction of sp³-hybridized carbons (Fsp3) is 0.800. The number of rotatable bonds is 1. The van der Waals surface area contributed by atoms with Crippen LogP contribution >= 0.6 is 22.6 Å². The van der Waals surface area contributed by atoms with Crippen LogP contribution in [0.3, 0.4) is 0 Å². The minimum absolute atomic E-state index is 0.212. The lowest BCUT2D eigenvalue weighted by Crippen LogP contribution is -2.56. The molecule has 0 radical (unpaired) electrons. The van der Waals surface area contributed by atoms with Gasteiger partial charge in [-0.15, -0.1) is 0 Å². The van der Waals surface area contributed by atoms with E-state index in [1.807, 2.05) is 0 Å². The van der Waals surface area contributed by atoms with Crippen molar-refractivity contribution in [1.82, 2.24) is 5.16 Å². The molecule has 5 rings (SSSR count). The second kappa shape index (κ2) is 3.49. The summed E-state index contributed by atoms with van der Waals surface area (Å²) in [6, 6.07) is 0. The van der Waals surface area contributed by atoms with Crippen LogP contribution in [0.25, 0.3) is 0 Å². The first kappa shape index (κ1) is 12.5. The van der Waals surface area contributed by atoms with Crippen LogP contribution in [0.4, 0.5) is 5.82 Å². The standard InChI is InChI=1S/C15H21IN2O/c1-13-3-9-4-14(2,6-13)8-15(5-9,7-13)11-10(16)12(17)18-19-11/h9H,3-8H2,1-2H3,(H2,17,18). The average molecular weight is 372 g/mol. The molecule has 4 fully saturated rings. The molecule has 3 nitrogen and oxygen atoms in total. The van der Waals surface area contributed by atoms with Crippen LogP contribution in [0.2, 0.25) is 0 Å². The molecule has 4 heteroatoms. The zero-order valence-electron chi connectivity index (χ0n) is 11.6. The summed E-state index contributed by atoms with van der Waals surface area (Å²) < 4.78 is 6.75. The number of nitrogen functional groups attached to an aromatic ring is 1. The molecule has 2 atom stereocenters. The monoisotopic (exact) mass is 372 g/mol. The van der Waals surface area contributed by atoms with Crippen molar-refractivity contribution in [1.29, 1.82) is 0 Å². The van der Waals surface area contributed by atoms with Gasteiger partial charge in [0.1, 0.15) is 3.57 Å². The summed E-state index contributed by atoms with van der Waals surface area (Å²) in [7, 11) is 0. The van der Waals surface area contributed by atoms with Gasteiger partial charge in [-0.05, 0) is 77.9 Å². The van der Waals surface area contributed by atoms with Gasteiger partial charge in [-0.2, -0.15) is 0 Å². The number of hydrogen-bond donors (Lipinski definition) is 1. The van der Waals surface area contributed by atoms with E-state index in [1.165, 1.54) is 38.5 Å². The second-order valence-electron chi connectivity index (χ2n) is 8.12. The average Bonchev–Trinajstić information content (AvgIpc) is 2.54. The highest BCUT2D eigenvalue weighted by atomic mass is 127. The van der Waals surface area contributed by atoms with E-state index in [1.54, 1.807) is 0 Å². The number of halogens is 1. The lowest BCUT2D eigenvalue weighted by molar-refractivity contribution is -0.117. The number of nitrogens with two attached hydrogens (primary N) is 1. The predicted octanol–water partition coefficient (Wildman–Crippen LogP) is 4.11. The SMILES string of the molecule is CC12CC3CC(C)(C1)CC(c1onc(N)c1I)(C3)C2. The summed E-state index contributed by atoms with van der Waals surface area (Å²) in [4.78, 5) is 0. The first-order chi connectivity index (χ1) is 8.83. The molecule has 0 aromatic carbocycles. The third kappa shape index (κ3) is 1.64. The predicted molar refractivity (Wildman–Crippen MR) is 82.7 cm³/mol. The molecular weight excluding hydrogens is 351 g/mol. The van der Waals surface area contributed by atoms with E-state index in [-0.39, 0.29) is 5.41 Å². The zero-order valence-corrected chi connectivity index (χ0v) is 13.8. The van der Waals surface area contributed by atoms with Crippen LogP contribution in [-0.2, 0) is 5.41 Å². The maximum absolute atomic E-state index is 5.91. The molecule has 1 aromatic heterocycles. The van der Waals surface area contributed by atoms with Gasteiger partial charge in [-0.1, -0.05) is 19.0 Å². The molecule has 19 heavy (non-hydrogen) atoms. The zero-order chi connectivity index (χ0) is 13.5. The first-order valence-corrected chi connectivity index (χ1v) is 8.32. The molecule has 0 amide bonds. The Bertz CT molecular complexity index is 534. The minimum Gasteiger partial charge on any atom is -0.380 e. The van der Waals surface area contributed by atoms with E-state index in [9.17, 15) is 0 Å². The minimum atomic E-state index is 0.212. The lowest BCUT2D eigenvalue weighted by Gasteiger charge is -2.64. The lowest BCUT2D eigenvalue weighted by atomic mass is 9.40. The fourth-order valence-corrected chi connectivity index (χ4v) is 7.09. The Kier molecular flexibility index (Phi) is 2.29. The molecule has 0 spiro atoms. The first-order valence-electron chi connectivity index (χ1n) is 7.24. The highest BCUT2D eigenvalue weighted by molar-refractivity contribution is 14.1. The van der Waals surface area contributed by atoms with Crippen molar-refractivity contribution < 1.29 is 4.52 Å². The molecule has 4 bridgehead atoms. The molecule has 2 N–H and O–H groups in total. The number of hydrogen-bond acceptors (Lipinski definition) is 3. The largest absolute Gasteiger partial charge is 0.380 e. The molecule has 0 aliphatic heterocycles. The Morgan fingerprint density at radius 2 is 1.79 bits per heavy atom. The van der Waals surface area contributed by atoms with Crippen molar-refractivity contribution in [3.8, 4) is 0 Å². The number of nitrogens with zero attached hydrogens (tertiary/aromatic N) is 1. The highest BCUT2D eigenvalue weighted by Gasteiger charge is 2.62. The third-order valence-electron chi connectivity index (χ3n) is 5.77. The maximum atomic E-state index is 5.91. The van der Waals surface area contributed by atoms with Crippen molar-refractivity contribution in [3.05, 3.63) is 9.33 Å². The smallest absolute Gasteiger partial charge is 0.180 e. The number of aromatic nitrogens is 1. The van der Waals surface area contributed by atoms with Gasteiger partial charge in [0.25, 0.3) is 0 Å². The van der Waals surface area contributed by atoms with Crippen molar-refractivity contribution in [2.75, 3.05) is 5.73 Å². The Morgan fingerprint density at radius 3 is 2.26 bits per heavy atom. The Hall–Kier alpha value is -0.260. The Balaban J connectivity index is 1.85. The molecule has 1 heterocycles. The van der Waals surface area contributed by atoms with Crippen LogP contribution in [0, 0.1) is 20.3 Å². The quantitative estimate of drug-likeness (QED) is 0.755. The van der Waals surface area contributed by atoms with Gasteiger partial charge in [0.15, 0.2) is 11.6 Å². The van der Waals surface area contributed by atoms with Gasteiger partial charge >= 0.3 is 0 Å². The molecule has 4 saturated carbocycles. The van der Waals surface area contributed by atoms with Crippen molar-refractivity contribution >= 4 is 28.4 Å². The highest BCUT2D eigenvalue weighted by Crippen LogP contribution is 2.70. The summed E-state index contributed by atoms with van der Waals surface area (Å²) in [5, 5.41) is 4.01. The van der Waals surface area contributed by atoms with E-state index in [0.29, 0.717) is 16.6 Å². The van der Waals surface area contributed by atoms with Gasteiger partial charge < -0.3 is 10.3 Å². The maximum Gasteiger partial charge on any atom is 0.180 e. The van der Waals surface area contributed by atoms with Gasteiger partial charge in [0.05, 0.1) is 0 Å². The van der Waals surface area contributed by atoms with Crippen LogP contribution in [0.1, 0.15) is 58.1 Å². The molecule has 1 aromatic rings.